The van der Waals surface area contributed by atoms with Gasteiger partial charge in [-0.25, -0.2) is 9.07 Å². The number of nitrogens with one attached hydrogen (secondary N) is 2. The van der Waals surface area contributed by atoms with Gasteiger partial charge in [-0.1, -0.05) is 86.3 Å². The van der Waals surface area contributed by atoms with Crippen LogP contribution < -0.4 is 10.6 Å². The minimum Gasteiger partial charge on any atom is -0.357 e. The largest absolute Gasteiger partial charge is 0.357 e. The Labute approximate surface area is 255 Å². The molecule has 2 aromatic carbocycles. The van der Waals surface area contributed by atoms with Crippen molar-refractivity contribution in [3.63, 3.8) is 0 Å². The van der Waals surface area contributed by atoms with Crippen molar-refractivity contribution in [3.05, 3.63) is 111 Å². The van der Waals surface area contributed by atoms with Crippen LogP contribution in [0.25, 0.3) is 5.69 Å². The molecular weight excluding hydrogens is 576 g/mol. The molecule has 0 spiro atoms. The van der Waals surface area contributed by atoms with E-state index < -0.39 is 23.2 Å². The molecule has 2 unspecified atom stereocenters. The highest BCUT2D eigenvalue weighted by Gasteiger charge is 2.30. The van der Waals surface area contributed by atoms with E-state index >= 15 is 0 Å². The summed E-state index contributed by atoms with van der Waals surface area (Å²) in [5, 5.41) is 9.97. The summed E-state index contributed by atoms with van der Waals surface area (Å²) in [6, 6.07) is 17.9. The second-order valence-electron chi connectivity index (χ2n) is 10.9. The van der Waals surface area contributed by atoms with E-state index in [1.807, 2.05) is 42.5 Å². The molecule has 2 heterocycles. The lowest BCUT2D eigenvalue weighted by molar-refractivity contribution is -0.109. The van der Waals surface area contributed by atoms with E-state index in [0.29, 0.717) is 31.0 Å². The molecule has 7 nitrogen and oxygen atoms in total. The number of pyridine rings is 1. The van der Waals surface area contributed by atoms with Crippen LogP contribution in [0.15, 0.2) is 73.1 Å². The van der Waals surface area contributed by atoms with Crippen molar-refractivity contribution in [1.82, 2.24) is 25.4 Å². The molecule has 4 rings (SSSR count). The van der Waals surface area contributed by atoms with Gasteiger partial charge in [0.2, 0.25) is 6.41 Å². The molecule has 0 aliphatic heterocycles. The van der Waals surface area contributed by atoms with E-state index in [0.717, 1.165) is 28.7 Å². The lowest BCUT2D eigenvalue weighted by atomic mass is 9.76. The summed E-state index contributed by atoms with van der Waals surface area (Å²) in [7, 11) is 0. The molecule has 2 amide bonds. The summed E-state index contributed by atoms with van der Waals surface area (Å²) < 4.78 is 15.8. The first-order valence-electron chi connectivity index (χ1n) is 13.8. The number of hydrogen-bond donors (Lipinski definition) is 2. The molecule has 2 N–H and O–H groups in total. The molecule has 0 fully saturated rings. The van der Waals surface area contributed by atoms with Crippen molar-refractivity contribution >= 4 is 35.5 Å². The average molecular weight is 611 g/mol. The topological polar surface area (TPSA) is 88.9 Å². The number of rotatable bonds is 13. The van der Waals surface area contributed by atoms with Crippen LogP contribution in [-0.4, -0.2) is 33.6 Å². The van der Waals surface area contributed by atoms with E-state index in [4.69, 9.17) is 23.2 Å². The van der Waals surface area contributed by atoms with E-state index in [1.54, 1.807) is 12.3 Å². The molecule has 0 saturated carbocycles. The molecule has 0 aliphatic rings. The van der Waals surface area contributed by atoms with Crippen LogP contribution >= 0.6 is 23.2 Å². The van der Waals surface area contributed by atoms with E-state index in [1.165, 1.54) is 18.3 Å². The second kappa shape index (κ2) is 13.9. The van der Waals surface area contributed by atoms with Gasteiger partial charge >= 0.3 is 0 Å². The second-order valence-corrected chi connectivity index (χ2v) is 11.6. The number of hydrogen-bond acceptors (Lipinski definition) is 4. The first-order chi connectivity index (χ1) is 20.2. The van der Waals surface area contributed by atoms with Crippen LogP contribution in [0.2, 0.25) is 10.2 Å². The Bertz CT molecular complexity index is 1530. The van der Waals surface area contributed by atoms with Gasteiger partial charge in [0, 0.05) is 18.2 Å². The third-order valence-electron chi connectivity index (χ3n) is 7.42. The van der Waals surface area contributed by atoms with Gasteiger partial charge in [-0.2, -0.15) is 5.10 Å². The standard InChI is InChI=1S/C32H34Cl2FN5O2/c1-21(2)9-7-13-26(39-31(42)24-18-38-40(30(24)34)28-14-8-12-25(33)29(28)35)27-17-23(15-16-37-27)32(3,19-36-20-41)22-10-5-4-6-11-22/h4-6,8,10-12,14-18,20-21,26H,7,9,13,19H2,1-3H3,(H,36,41)(H,39,42). The fourth-order valence-electron chi connectivity index (χ4n) is 4.97. The molecule has 4 aromatic rings. The number of amides is 2. The quantitative estimate of drug-likeness (QED) is 0.159. The first kappa shape index (κ1) is 31.2. The third-order valence-corrected chi connectivity index (χ3v) is 8.07. The Hall–Kier alpha value is -3.75. The van der Waals surface area contributed by atoms with Gasteiger partial charge < -0.3 is 10.6 Å². The predicted molar refractivity (Wildman–Crippen MR) is 164 cm³/mol. The Morgan fingerprint density at radius 2 is 1.83 bits per heavy atom. The number of halogens is 3. The van der Waals surface area contributed by atoms with Crippen LogP contribution in [0.1, 0.15) is 73.3 Å². The lowest BCUT2D eigenvalue weighted by Crippen LogP contribution is -2.36. The van der Waals surface area contributed by atoms with Crippen molar-refractivity contribution in [1.29, 1.82) is 0 Å². The van der Waals surface area contributed by atoms with Gasteiger partial charge in [0.1, 0.15) is 10.8 Å². The smallest absolute Gasteiger partial charge is 0.256 e. The normalized spacial score (nSPS) is 13.4. The Morgan fingerprint density at radius 3 is 2.55 bits per heavy atom. The van der Waals surface area contributed by atoms with Gasteiger partial charge in [0.15, 0.2) is 5.82 Å². The monoisotopic (exact) mass is 609 g/mol. The molecule has 2 aromatic heterocycles. The fraction of sp³-hybridized carbons (Fsp3) is 0.312. The number of aromatic nitrogens is 3. The van der Waals surface area contributed by atoms with Crippen molar-refractivity contribution < 1.29 is 14.0 Å². The molecular formula is C32H34Cl2FN5O2. The minimum absolute atomic E-state index is 0.0344. The fourth-order valence-corrected chi connectivity index (χ4v) is 5.41. The Morgan fingerprint density at radius 1 is 1.07 bits per heavy atom. The predicted octanol–water partition coefficient (Wildman–Crippen LogP) is 7.06. The maximum absolute atomic E-state index is 14.7. The zero-order chi connectivity index (χ0) is 30.3. The van der Waals surface area contributed by atoms with Gasteiger partial charge in [0.05, 0.1) is 28.5 Å². The molecule has 220 valence electrons. The number of carbonyl (C=O) groups excluding carboxylic acids is 2. The Kier molecular flexibility index (Phi) is 10.4. The van der Waals surface area contributed by atoms with Crippen LogP contribution in [0.3, 0.4) is 0 Å². The summed E-state index contributed by atoms with van der Waals surface area (Å²) in [5.74, 6) is -0.644. The third kappa shape index (κ3) is 6.99. The molecule has 0 aliphatic carbocycles. The van der Waals surface area contributed by atoms with Crippen LogP contribution in [0.4, 0.5) is 4.39 Å². The molecule has 42 heavy (non-hydrogen) atoms. The first-order valence-corrected chi connectivity index (χ1v) is 14.6. The molecule has 2 atom stereocenters. The summed E-state index contributed by atoms with van der Waals surface area (Å²) in [6.07, 6.45) is 6.20. The molecule has 0 bridgehead atoms. The van der Waals surface area contributed by atoms with Crippen LogP contribution in [0.5, 0.6) is 0 Å². The van der Waals surface area contributed by atoms with Crippen LogP contribution in [0, 0.1) is 11.7 Å². The summed E-state index contributed by atoms with van der Waals surface area (Å²) in [4.78, 5) is 29.4. The molecule has 0 radical (unpaired) electrons. The Balaban J connectivity index is 1.67. The highest BCUT2D eigenvalue weighted by Crippen LogP contribution is 2.33. The SMILES string of the molecule is CC(C)CCCC(NC(=O)c1cnn(-c2cccc(Cl)c2F)c1Cl)c1cc(C(C)(CNC=O)c2ccccc2)ccn1. The summed E-state index contributed by atoms with van der Waals surface area (Å²) >= 11 is 12.5. The van der Waals surface area contributed by atoms with Gasteiger partial charge in [0.25, 0.3) is 5.91 Å². The van der Waals surface area contributed by atoms with Crippen LogP contribution in [-0.2, 0) is 10.2 Å². The lowest BCUT2D eigenvalue weighted by Gasteiger charge is -2.31. The highest BCUT2D eigenvalue weighted by molar-refractivity contribution is 6.33. The maximum Gasteiger partial charge on any atom is 0.256 e. The highest BCUT2D eigenvalue weighted by atomic mass is 35.5. The zero-order valence-electron chi connectivity index (χ0n) is 23.8. The van der Waals surface area contributed by atoms with E-state index in [9.17, 15) is 14.0 Å². The average Bonchev–Trinajstić information content (AvgIpc) is 3.38. The van der Waals surface area contributed by atoms with E-state index in [2.05, 4.69) is 41.5 Å². The maximum atomic E-state index is 14.7. The molecule has 10 heteroatoms. The van der Waals surface area contributed by atoms with Crippen molar-refractivity contribution in [3.8, 4) is 5.69 Å². The number of nitrogens with zero attached hydrogens (tertiary/aromatic N) is 3. The summed E-state index contributed by atoms with van der Waals surface area (Å²) in [6.45, 7) is 6.75. The van der Waals surface area contributed by atoms with Gasteiger partial charge in [-0.15, -0.1) is 0 Å². The van der Waals surface area contributed by atoms with E-state index in [-0.39, 0.29) is 21.4 Å². The molecule has 0 saturated heterocycles. The van der Waals surface area contributed by atoms with Crippen molar-refractivity contribution in [2.45, 2.75) is 51.5 Å². The van der Waals surface area contributed by atoms with Gasteiger partial charge in [-0.3, -0.25) is 14.6 Å². The van der Waals surface area contributed by atoms with Crippen molar-refractivity contribution in [2.75, 3.05) is 6.54 Å². The minimum atomic E-state index is -0.686. The number of carbonyl (C=O) groups is 2. The summed E-state index contributed by atoms with van der Waals surface area (Å²) in [5.41, 5.74) is 2.26. The van der Waals surface area contributed by atoms with Gasteiger partial charge in [-0.05, 0) is 54.7 Å². The zero-order valence-corrected chi connectivity index (χ0v) is 25.3. The number of benzene rings is 2. The van der Waals surface area contributed by atoms with Crippen molar-refractivity contribution in [2.24, 2.45) is 5.92 Å².